The number of hydrogen-bond acceptors (Lipinski definition) is 4. The molecule has 43 heavy (non-hydrogen) atoms. The molecule has 0 saturated carbocycles. The average Bonchev–Trinajstić information content (AvgIpc) is 3.15. The molecule has 0 aromatic heterocycles. The van der Waals surface area contributed by atoms with E-state index in [0.717, 1.165) is 35.3 Å². The van der Waals surface area contributed by atoms with Gasteiger partial charge in [0, 0.05) is 25.3 Å². The molecule has 1 saturated heterocycles. The first-order chi connectivity index (χ1) is 21.0. The van der Waals surface area contributed by atoms with Crippen molar-refractivity contribution in [1.29, 1.82) is 0 Å². The second-order valence-corrected chi connectivity index (χ2v) is 11.2. The molecule has 6 rings (SSSR count). The molecule has 7 heteroatoms. The summed E-state index contributed by atoms with van der Waals surface area (Å²) >= 11 is 0. The average molecular weight is 574 g/mol. The highest BCUT2D eigenvalue weighted by Gasteiger charge is 2.37. The molecule has 0 radical (unpaired) electrons. The first-order valence-electron chi connectivity index (χ1n) is 14.9. The van der Waals surface area contributed by atoms with E-state index in [1.165, 1.54) is 29.8 Å². The quantitative estimate of drug-likeness (QED) is 0.264. The van der Waals surface area contributed by atoms with Crippen LogP contribution in [0, 0.1) is 0 Å². The Balaban J connectivity index is 1.44. The predicted octanol–water partition coefficient (Wildman–Crippen LogP) is 6.40. The van der Waals surface area contributed by atoms with Crippen LogP contribution < -0.4 is 9.80 Å². The third-order valence-corrected chi connectivity index (χ3v) is 8.37. The Bertz CT molecular complexity index is 1560. The lowest BCUT2D eigenvalue weighted by molar-refractivity contribution is -0.137. The van der Waals surface area contributed by atoms with Crippen molar-refractivity contribution in [2.75, 3.05) is 36.0 Å². The number of anilines is 2. The number of fused-ring (bicyclic) bond motifs is 1. The summed E-state index contributed by atoms with van der Waals surface area (Å²) in [6.45, 7) is 1.86. The third kappa shape index (κ3) is 6.02. The van der Waals surface area contributed by atoms with Crippen LogP contribution in [0.1, 0.15) is 53.2 Å². The summed E-state index contributed by atoms with van der Waals surface area (Å²) in [7, 11) is 0. The van der Waals surface area contributed by atoms with E-state index < -0.39 is 12.0 Å². The Kier molecular flexibility index (Phi) is 8.22. The molecule has 0 atom stereocenters. The lowest BCUT2D eigenvalue weighted by atomic mass is 9.94. The highest BCUT2D eigenvalue weighted by atomic mass is 16.4. The monoisotopic (exact) mass is 573 g/mol. The molecule has 1 fully saturated rings. The largest absolute Gasteiger partial charge is 0.481 e. The lowest BCUT2D eigenvalue weighted by Gasteiger charge is -2.33. The smallest absolute Gasteiger partial charge is 0.305 e. The van der Waals surface area contributed by atoms with Gasteiger partial charge in [0.05, 0.1) is 23.7 Å². The number of benzene rings is 4. The minimum absolute atomic E-state index is 0.0523. The van der Waals surface area contributed by atoms with E-state index >= 15 is 0 Å². The van der Waals surface area contributed by atoms with Gasteiger partial charge in [-0.25, -0.2) is 0 Å². The second kappa shape index (κ2) is 12.5. The molecule has 0 aliphatic carbocycles. The van der Waals surface area contributed by atoms with Gasteiger partial charge in [-0.1, -0.05) is 78.9 Å². The minimum atomic E-state index is -1.02. The van der Waals surface area contributed by atoms with E-state index in [0.29, 0.717) is 11.3 Å². The fourth-order valence-corrected chi connectivity index (χ4v) is 6.19. The van der Waals surface area contributed by atoms with Crippen LogP contribution in [-0.2, 0) is 9.59 Å². The number of nitrogens with zero attached hydrogens (tertiary/aromatic N) is 3. The van der Waals surface area contributed by atoms with Crippen LogP contribution in [0.25, 0.3) is 11.1 Å². The van der Waals surface area contributed by atoms with Crippen LogP contribution in [-0.4, -0.2) is 54.0 Å². The third-order valence-electron chi connectivity index (χ3n) is 8.37. The maximum absolute atomic E-state index is 14.1. The Hall–Kier alpha value is -4.91. The zero-order valence-electron chi connectivity index (χ0n) is 24.1. The predicted molar refractivity (Wildman–Crippen MR) is 168 cm³/mol. The number of carboxylic acid groups (broad SMARTS) is 1. The molecular weight excluding hydrogens is 538 g/mol. The minimum Gasteiger partial charge on any atom is -0.481 e. The number of piperidine rings is 1. The maximum Gasteiger partial charge on any atom is 0.305 e. The number of carboxylic acids is 1. The van der Waals surface area contributed by atoms with Gasteiger partial charge in [0.15, 0.2) is 0 Å². The zero-order valence-corrected chi connectivity index (χ0v) is 24.1. The number of hydrogen-bond donors (Lipinski definition) is 1. The molecule has 0 bridgehead atoms. The molecule has 4 aromatic carbocycles. The molecule has 0 unspecified atom stereocenters. The Morgan fingerprint density at radius 3 is 1.95 bits per heavy atom. The molecule has 1 N–H and O–H groups in total. The van der Waals surface area contributed by atoms with Crippen LogP contribution in [0.15, 0.2) is 103 Å². The molecule has 0 spiro atoms. The van der Waals surface area contributed by atoms with Crippen molar-refractivity contribution in [3.05, 3.63) is 120 Å². The van der Waals surface area contributed by atoms with Crippen LogP contribution >= 0.6 is 0 Å². The summed E-state index contributed by atoms with van der Waals surface area (Å²) in [6, 6.07) is 33.2. The van der Waals surface area contributed by atoms with E-state index in [1.807, 2.05) is 78.9 Å². The molecule has 2 aliphatic rings. The molecule has 4 aromatic rings. The highest BCUT2D eigenvalue weighted by Crippen LogP contribution is 2.39. The number of rotatable bonds is 8. The number of carbonyl (C=O) groups excluding carboxylic acids is 2. The lowest BCUT2D eigenvalue weighted by Crippen LogP contribution is -2.42. The molecule has 2 aliphatic heterocycles. The molecular formula is C36H35N3O4. The van der Waals surface area contributed by atoms with Crippen molar-refractivity contribution >= 4 is 29.2 Å². The van der Waals surface area contributed by atoms with Gasteiger partial charge in [0.1, 0.15) is 6.54 Å². The fraction of sp³-hybridized carbons (Fsp3) is 0.250. The van der Waals surface area contributed by atoms with Crippen molar-refractivity contribution in [3.63, 3.8) is 0 Å². The van der Waals surface area contributed by atoms with Gasteiger partial charge in [-0.2, -0.15) is 0 Å². The van der Waals surface area contributed by atoms with Gasteiger partial charge in [-0.3, -0.25) is 19.3 Å². The van der Waals surface area contributed by atoms with Crippen molar-refractivity contribution in [1.82, 2.24) is 4.90 Å². The highest BCUT2D eigenvalue weighted by molar-refractivity contribution is 6.11. The van der Waals surface area contributed by atoms with Crippen molar-refractivity contribution in [3.8, 4) is 11.1 Å². The second-order valence-electron chi connectivity index (χ2n) is 11.2. The summed E-state index contributed by atoms with van der Waals surface area (Å²) in [5.41, 5.74) is 5.75. The summed E-state index contributed by atoms with van der Waals surface area (Å²) in [6.07, 6.45) is 3.44. The van der Waals surface area contributed by atoms with E-state index in [-0.39, 0.29) is 31.3 Å². The van der Waals surface area contributed by atoms with Gasteiger partial charge in [0.2, 0.25) is 5.91 Å². The standard InChI is InChI=1S/C36H35N3O4/c40-33-25-38(23-20-34(41)42)36(43)31-24-29(26-14-17-30(18-15-26)37-21-8-3-9-22-37)16-19-32(31)39(33)35(27-10-4-1-5-11-27)28-12-6-2-7-13-28/h1-2,4-7,10-19,24,35H,3,8-9,20-23,25H2,(H,41,42). The molecule has 2 heterocycles. The molecule has 218 valence electrons. The Morgan fingerprint density at radius 2 is 1.35 bits per heavy atom. The topological polar surface area (TPSA) is 81.2 Å². The Labute approximate surface area is 252 Å². The van der Waals surface area contributed by atoms with Crippen molar-refractivity contribution < 1.29 is 19.5 Å². The van der Waals surface area contributed by atoms with E-state index in [1.54, 1.807) is 4.90 Å². The zero-order chi connectivity index (χ0) is 29.8. The van der Waals surface area contributed by atoms with Gasteiger partial charge in [0.25, 0.3) is 5.91 Å². The first kappa shape index (κ1) is 28.2. The molecule has 7 nitrogen and oxygen atoms in total. The van der Waals surface area contributed by atoms with Crippen LogP contribution in [0.5, 0.6) is 0 Å². The van der Waals surface area contributed by atoms with Gasteiger partial charge in [-0.05, 0) is 65.8 Å². The summed E-state index contributed by atoms with van der Waals surface area (Å²) in [4.78, 5) is 45.0. The van der Waals surface area contributed by atoms with Crippen molar-refractivity contribution in [2.24, 2.45) is 0 Å². The first-order valence-corrected chi connectivity index (χ1v) is 14.9. The van der Waals surface area contributed by atoms with E-state index in [4.69, 9.17) is 0 Å². The van der Waals surface area contributed by atoms with Gasteiger partial charge >= 0.3 is 5.97 Å². The Morgan fingerprint density at radius 1 is 0.744 bits per heavy atom. The maximum atomic E-state index is 14.1. The number of amides is 2. The number of aliphatic carboxylic acids is 1. The molecule has 2 amide bonds. The summed E-state index contributed by atoms with van der Waals surface area (Å²) in [5.74, 6) is -1.64. The summed E-state index contributed by atoms with van der Waals surface area (Å²) < 4.78 is 0. The van der Waals surface area contributed by atoms with Crippen LogP contribution in [0.2, 0.25) is 0 Å². The normalized spacial score (nSPS) is 15.4. The number of carbonyl (C=O) groups is 3. The van der Waals surface area contributed by atoms with Crippen LogP contribution in [0.3, 0.4) is 0 Å². The van der Waals surface area contributed by atoms with E-state index in [2.05, 4.69) is 29.2 Å². The van der Waals surface area contributed by atoms with E-state index in [9.17, 15) is 19.5 Å². The van der Waals surface area contributed by atoms with Crippen molar-refractivity contribution in [2.45, 2.75) is 31.7 Å². The van der Waals surface area contributed by atoms with Crippen LogP contribution in [0.4, 0.5) is 11.4 Å². The fourth-order valence-electron chi connectivity index (χ4n) is 6.19. The SMILES string of the molecule is O=C(O)CCN1CC(=O)N(C(c2ccccc2)c2ccccc2)c2ccc(-c3ccc(N4CCCCC4)cc3)cc2C1=O. The van der Waals surface area contributed by atoms with Gasteiger partial charge < -0.3 is 14.9 Å². The van der Waals surface area contributed by atoms with Gasteiger partial charge in [-0.15, -0.1) is 0 Å². The summed E-state index contributed by atoms with van der Waals surface area (Å²) in [5, 5.41) is 9.37.